The molecule has 3 rings (SSSR count). The van der Waals surface area contributed by atoms with Crippen LogP contribution in [0.5, 0.6) is 11.5 Å². The van der Waals surface area contributed by atoms with Crippen molar-refractivity contribution in [1.29, 1.82) is 0 Å². The molecule has 0 saturated heterocycles. The number of alkyl halides is 3. The van der Waals surface area contributed by atoms with Crippen molar-refractivity contribution < 1.29 is 37.0 Å². The molecule has 0 bridgehead atoms. The Hall–Kier alpha value is -4.01. The smallest absolute Gasteiger partial charge is 0.493 e. The number of amides is 1. The lowest BCUT2D eigenvalue weighted by molar-refractivity contribution is -0.274. The van der Waals surface area contributed by atoms with Crippen LogP contribution in [0.25, 0.3) is 11.1 Å². The van der Waals surface area contributed by atoms with Gasteiger partial charge in [-0.2, -0.15) is 0 Å². The third kappa shape index (κ3) is 8.99. The molecule has 0 radical (unpaired) electrons. The van der Waals surface area contributed by atoms with Gasteiger partial charge in [0.1, 0.15) is 11.5 Å². The molecule has 0 aliphatic rings. The molecule has 6 nitrogen and oxygen atoms in total. The van der Waals surface area contributed by atoms with Gasteiger partial charge in [-0.05, 0) is 64.9 Å². The van der Waals surface area contributed by atoms with Crippen molar-refractivity contribution in [1.82, 2.24) is 0 Å². The zero-order valence-corrected chi connectivity index (χ0v) is 24.0. The average molecular weight is 572 g/mol. The van der Waals surface area contributed by atoms with Crippen LogP contribution in [0.1, 0.15) is 58.1 Å². The highest BCUT2D eigenvalue weighted by Crippen LogP contribution is 2.32. The van der Waals surface area contributed by atoms with Gasteiger partial charge in [-0.25, -0.2) is 4.79 Å². The van der Waals surface area contributed by atoms with Gasteiger partial charge in [0.2, 0.25) is 0 Å². The topological polar surface area (TPSA) is 65.1 Å². The van der Waals surface area contributed by atoms with E-state index in [0.717, 1.165) is 31.9 Å². The molecule has 3 aromatic carbocycles. The Kier molecular flexibility index (Phi) is 10.4. The summed E-state index contributed by atoms with van der Waals surface area (Å²) in [5, 5.41) is 0. The van der Waals surface area contributed by atoms with E-state index < -0.39 is 18.2 Å². The molecular formula is C32H36F3NO5. The summed E-state index contributed by atoms with van der Waals surface area (Å²) in [6, 6.07) is 18.3. The van der Waals surface area contributed by atoms with Crippen molar-refractivity contribution >= 4 is 17.6 Å². The Morgan fingerprint density at radius 3 is 2.05 bits per heavy atom. The van der Waals surface area contributed by atoms with Gasteiger partial charge in [-0.15, -0.1) is 13.2 Å². The van der Waals surface area contributed by atoms with Crippen LogP contribution >= 0.6 is 0 Å². The van der Waals surface area contributed by atoms with Crippen LogP contribution in [0.15, 0.2) is 66.7 Å². The molecule has 0 unspecified atom stereocenters. The van der Waals surface area contributed by atoms with Crippen LogP contribution < -0.4 is 14.4 Å². The number of carbonyl (C=O) groups is 2. The molecule has 220 valence electrons. The number of ether oxygens (including phenoxy) is 3. The molecule has 1 amide bonds. The van der Waals surface area contributed by atoms with E-state index in [9.17, 15) is 22.8 Å². The number of hydrogen-bond donors (Lipinski definition) is 0. The summed E-state index contributed by atoms with van der Waals surface area (Å²) in [6.07, 6.45) is -1.92. The van der Waals surface area contributed by atoms with Crippen LogP contribution in [-0.2, 0) is 26.3 Å². The van der Waals surface area contributed by atoms with E-state index in [1.54, 1.807) is 30.3 Å². The summed E-state index contributed by atoms with van der Waals surface area (Å²) < 4.78 is 52.6. The van der Waals surface area contributed by atoms with Crippen molar-refractivity contribution in [3.63, 3.8) is 0 Å². The molecule has 0 aliphatic heterocycles. The first kappa shape index (κ1) is 31.5. The number of unbranched alkanes of at least 4 members (excludes halogenated alkanes) is 2. The maximum absolute atomic E-state index is 13.2. The molecule has 9 heteroatoms. The largest absolute Gasteiger partial charge is 0.573 e. The number of methoxy groups -OCH3 is 1. The number of rotatable bonds is 10. The molecule has 0 fully saturated rings. The highest BCUT2D eigenvalue weighted by Gasteiger charge is 2.31. The first-order chi connectivity index (χ1) is 19.3. The zero-order chi connectivity index (χ0) is 30.2. The Bertz CT molecular complexity index is 1310. The third-order valence-corrected chi connectivity index (χ3v) is 6.47. The molecule has 3 aromatic rings. The minimum Gasteiger partial charge on any atom is -0.493 e. The second kappa shape index (κ2) is 13.6. The summed E-state index contributed by atoms with van der Waals surface area (Å²) in [6.45, 7) is 8.79. The molecule has 0 N–H and O–H groups in total. The first-order valence-corrected chi connectivity index (χ1v) is 13.4. The number of hydrogen-bond acceptors (Lipinski definition) is 5. The molecule has 0 aliphatic carbocycles. The summed E-state index contributed by atoms with van der Waals surface area (Å²) in [5.74, 6) is -1.64. The number of halogens is 3. The Labute approximate surface area is 239 Å². The summed E-state index contributed by atoms with van der Waals surface area (Å²) in [4.78, 5) is 26.9. The van der Waals surface area contributed by atoms with Gasteiger partial charge in [0.15, 0.2) is 0 Å². The van der Waals surface area contributed by atoms with E-state index in [2.05, 4.69) is 32.4 Å². The Morgan fingerprint density at radius 1 is 0.854 bits per heavy atom. The van der Waals surface area contributed by atoms with Crippen LogP contribution in [0.4, 0.5) is 18.9 Å². The molecule has 0 saturated carbocycles. The van der Waals surface area contributed by atoms with Crippen molar-refractivity contribution in [3.05, 3.63) is 77.9 Å². The zero-order valence-electron chi connectivity index (χ0n) is 24.0. The van der Waals surface area contributed by atoms with Crippen molar-refractivity contribution in [3.8, 4) is 22.6 Å². The van der Waals surface area contributed by atoms with Crippen LogP contribution in [-0.4, -0.2) is 32.0 Å². The van der Waals surface area contributed by atoms with Crippen LogP contribution in [0.2, 0.25) is 0 Å². The maximum atomic E-state index is 13.2. The van der Waals surface area contributed by atoms with Gasteiger partial charge >= 0.3 is 18.2 Å². The minimum absolute atomic E-state index is 0.00494. The van der Waals surface area contributed by atoms with Crippen molar-refractivity contribution in [2.45, 2.75) is 65.3 Å². The lowest BCUT2D eigenvalue weighted by Gasteiger charge is -2.25. The highest BCUT2D eigenvalue weighted by atomic mass is 19.4. The SMILES string of the molecule is CCCCCOc1ccc(-c2ccc(OC(F)(F)F)cc2)cc1CN(C(=O)C(=O)OC)c1ccc(C(C)(C)C)cc1. The van der Waals surface area contributed by atoms with E-state index in [0.29, 0.717) is 34.7 Å². The summed E-state index contributed by atoms with van der Waals surface area (Å²) >= 11 is 0. The second-order valence-corrected chi connectivity index (χ2v) is 10.6. The summed E-state index contributed by atoms with van der Waals surface area (Å²) in [5.41, 5.74) is 3.40. The molecule has 0 atom stereocenters. The fourth-order valence-electron chi connectivity index (χ4n) is 4.20. The number of anilines is 1. The van der Waals surface area contributed by atoms with Gasteiger partial charge < -0.3 is 14.2 Å². The second-order valence-electron chi connectivity index (χ2n) is 10.6. The van der Waals surface area contributed by atoms with E-state index in [1.807, 2.05) is 12.1 Å². The third-order valence-electron chi connectivity index (χ3n) is 6.47. The number of esters is 1. The molecule has 0 aromatic heterocycles. The average Bonchev–Trinajstić information content (AvgIpc) is 2.93. The number of nitrogens with zero attached hydrogens (tertiary/aromatic N) is 1. The summed E-state index contributed by atoms with van der Waals surface area (Å²) in [7, 11) is 1.15. The predicted octanol–water partition coefficient (Wildman–Crippen LogP) is 7.82. The van der Waals surface area contributed by atoms with Gasteiger partial charge in [0.05, 0.1) is 20.3 Å². The number of carbonyl (C=O) groups excluding carboxylic acids is 2. The highest BCUT2D eigenvalue weighted by molar-refractivity contribution is 6.38. The Morgan fingerprint density at radius 2 is 1.49 bits per heavy atom. The predicted molar refractivity (Wildman–Crippen MR) is 152 cm³/mol. The van der Waals surface area contributed by atoms with Gasteiger partial charge in [0.25, 0.3) is 0 Å². The number of benzene rings is 3. The van der Waals surface area contributed by atoms with E-state index in [1.165, 1.54) is 29.2 Å². The first-order valence-electron chi connectivity index (χ1n) is 13.4. The fraction of sp³-hybridized carbons (Fsp3) is 0.375. The van der Waals surface area contributed by atoms with Gasteiger partial charge in [0, 0.05) is 11.3 Å². The minimum atomic E-state index is -4.79. The molecular weight excluding hydrogens is 535 g/mol. The van der Waals surface area contributed by atoms with Crippen LogP contribution in [0, 0.1) is 0 Å². The fourth-order valence-corrected chi connectivity index (χ4v) is 4.20. The lowest BCUT2D eigenvalue weighted by Crippen LogP contribution is -2.37. The van der Waals surface area contributed by atoms with Gasteiger partial charge in [-0.3, -0.25) is 9.69 Å². The van der Waals surface area contributed by atoms with E-state index in [-0.39, 0.29) is 17.7 Å². The van der Waals surface area contributed by atoms with E-state index in [4.69, 9.17) is 9.47 Å². The van der Waals surface area contributed by atoms with Gasteiger partial charge in [-0.1, -0.05) is 70.9 Å². The standard InChI is InChI=1S/C32H36F3NO5/c1-6-7-8-19-40-28-18-11-23(22-9-16-27(17-10-22)41-32(33,34)35)20-24(28)21-36(29(37)30(38)39-5)26-14-12-25(13-15-26)31(2,3)4/h9-18,20H,6-8,19,21H2,1-5H3. The molecule has 0 spiro atoms. The van der Waals surface area contributed by atoms with Crippen molar-refractivity contribution in [2.75, 3.05) is 18.6 Å². The Balaban J connectivity index is 2.01. The lowest BCUT2D eigenvalue weighted by atomic mass is 9.87. The molecule has 0 heterocycles. The monoisotopic (exact) mass is 571 g/mol. The van der Waals surface area contributed by atoms with Crippen LogP contribution in [0.3, 0.4) is 0 Å². The normalized spacial score (nSPS) is 11.6. The quantitative estimate of drug-likeness (QED) is 0.141. The molecule has 41 heavy (non-hydrogen) atoms. The maximum Gasteiger partial charge on any atom is 0.573 e. The van der Waals surface area contributed by atoms with E-state index >= 15 is 0 Å². The van der Waals surface area contributed by atoms with Crippen molar-refractivity contribution in [2.24, 2.45) is 0 Å².